The maximum atomic E-state index is 12.2. The Bertz CT molecular complexity index is 766. The molecule has 1 aromatic heterocycles. The van der Waals surface area contributed by atoms with Crippen LogP contribution in [-0.2, 0) is 4.74 Å². The number of H-pyrrole nitrogens is 1. The quantitative estimate of drug-likeness (QED) is 0.833. The monoisotopic (exact) mass is 395 g/mol. The summed E-state index contributed by atoms with van der Waals surface area (Å²) in [5.41, 5.74) is 1.34. The van der Waals surface area contributed by atoms with E-state index < -0.39 is 5.60 Å². The molecular formula is C17H22BrN3O3. The van der Waals surface area contributed by atoms with Gasteiger partial charge >= 0.3 is 6.09 Å². The van der Waals surface area contributed by atoms with Crippen LogP contribution in [0.5, 0.6) is 5.75 Å². The highest BCUT2D eigenvalue weighted by atomic mass is 79.9. The number of nitrogens with zero attached hydrogens (tertiary/aromatic N) is 2. The summed E-state index contributed by atoms with van der Waals surface area (Å²) in [5, 5.41) is 8.25. The second-order valence-electron chi connectivity index (χ2n) is 7.10. The molecule has 0 saturated carbocycles. The third-order valence-corrected chi connectivity index (χ3v) is 4.31. The number of carbonyl (C=O) groups excluding carboxylic acids is 1. The number of halogens is 1. The molecule has 7 heteroatoms. The summed E-state index contributed by atoms with van der Waals surface area (Å²) in [5.74, 6) is 0.779. The third kappa shape index (κ3) is 3.66. The maximum Gasteiger partial charge on any atom is 0.410 e. The molecular weight excluding hydrogens is 374 g/mol. The van der Waals surface area contributed by atoms with Crippen LogP contribution in [0.4, 0.5) is 4.79 Å². The molecule has 24 heavy (non-hydrogen) atoms. The van der Waals surface area contributed by atoms with E-state index in [-0.39, 0.29) is 12.2 Å². The van der Waals surface area contributed by atoms with Crippen LogP contribution in [0.3, 0.4) is 0 Å². The van der Waals surface area contributed by atoms with Gasteiger partial charge in [-0.2, -0.15) is 5.10 Å². The van der Waals surface area contributed by atoms with E-state index in [0.29, 0.717) is 13.1 Å². The molecule has 1 atom stereocenters. The normalized spacial score (nSPS) is 18.2. The molecule has 1 amide bonds. The Morgan fingerprint density at radius 2 is 2.17 bits per heavy atom. The minimum atomic E-state index is -0.486. The van der Waals surface area contributed by atoms with Crippen LogP contribution in [0.1, 0.15) is 32.9 Å². The Hall–Kier alpha value is -1.76. The number of aryl methyl sites for hydroxylation is 1. The van der Waals surface area contributed by atoms with E-state index in [9.17, 15) is 4.79 Å². The zero-order valence-electron chi connectivity index (χ0n) is 14.4. The molecule has 0 bridgehead atoms. The SMILES string of the molecule is Cc1[nH]nc2cc(Br)cc(O[C@H]3CCN(C(=O)OC(C)(C)C)C3)c12. The Morgan fingerprint density at radius 3 is 2.88 bits per heavy atom. The van der Waals surface area contributed by atoms with Crippen molar-refractivity contribution >= 4 is 32.9 Å². The summed E-state index contributed by atoms with van der Waals surface area (Å²) in [6.07, 6.45) is 0.446. The van der Waals surface area contributed by atoms with E-state index in [1.54, 1.807) is 4.90 Å². The maximum absolute atomic E-state index is 12.2. The van der Waals surface area contributed by atoms with Gasteiger partial charge in [-0.1, -0.05) is 15.9 Å². The first-order valence-electron chi connectivity index (χ1n) is 8.02. The van der Waals surface area contributed by atoms with Crippen molar-refractivity contribution < 1.29 is 14.3 Å². The van der Waals surface area contributed by atoms with Gasteiger partial charge in [0.15, 0.2) is 0 Å². The van der Waals surface area contributed by atoms with Crippen molar-refractivity contribution in [1.29, 1.82) is 0 Å². The second kappa shape index (κ2) is 6.27. The number of aromatic amines is 1. The third-order valence-electron chi connectivity index (χ3n) is 3.86. The number of likely N-dealkylation sites (tertiary alicyclic amines) is 1. The molecule has 1 aliphatic heterocycles. The summed E-state index contributed by atoms with van der Waals surface area (Å²) in [6.45, 7) is 8.75. The van der Waals surface area contributed by atoms with Crippen molar-refractivity contribution in [2.24, 2.45) is 0 Å². The number of rotatable bonds is 2. The number of aromatic nitrogens is 2. The van der Waals surface area contributed by atoms with Crippen LogP contribution in [0.2, 0.25) is 0 Å². The predicted molar refractivity (Wildman–Crippen MR) is 95.4 cm³/mol. The van der Waals surface area contributed by atoms with Gasteiger partial charge in [0.1, 0.15) is 17.5 Å². The summed E-state index contributed by atoms with van der Waals surface area (Å²) < 4.78 is 12.5. The van der Waals surface area contributed by atoms with Crippen molar-refractivity contribution in [2.45, 2.75) is 45.8 Å². The number of nitrogens with one attached hydrogen (secondary N) is 1. The fourth-order valence-electron chi connectivity index (χ4n) is 2.82. The lowest BCUT2D eigenvalue weighted by molar-refractivity contribution is 0.0276. The molecule has 1 N–H and O–H groups in total. The van der Waals surface area contributed by atoms with Crippen LogP contribution in [0.15, 0.2) is 16.6 Å². The fraction of sp³-hybridized carbons (Fsp3) is 0.529. The molecule has 0 spiro atoms. The minimum Gasteiger partial charge on any atom is -0.488 e. The van der Waals surface area contributed by atoms with Crippen LogP contribution < -0.4 is 4.74 Å². The van der Waals surface area contributed by atoms with Gasteiger partial charge in [-0.25, -0.2) is 4.79 Å². The first-order valence-corrected chi connectivity index (χ1v) is 8.81. The molecule has 1 saturated heterocycles. The lowest BCUT2D eigenvalue weighted by Crippen LogP contribution is -2.36. The molecule has 0 radical (unpaired) electrons. The van der Waals surface area contributed by atoms with E-state index in [4.69, 9.17) is 9.47 Å². The Balaban J connectivity index is 1.72. The van der Waals surface area contributed by atoms with Crippen molar-refractivity contribution in [3.05, 3.63) is 22.3 Å². The van der Waals surface area contributed by atoms with E-state index in [1.165, 1.54) is 0 Å². The summed E-state index contributed by atoms with van der Waals surface area (Å²) in [4.78, 5) is 13.9. The number of ether oxygens (including phenoxy) is 2. The molecule has 6 nitrogen and oxygen atoms in total. The molecule has 3 rings (SSSR count). The Labute approximate surface area is 149 Å². The largest absolute Gasteiger partial charge is 0.488 e. The van der Waals surface area contributed by atoms with Gasteiger partial charge in [0.25, 0.3) is 0 Å². The summed E-state index contributed by atoms with van der Waals surface area (Å²) in [7, 11) is 0. The smallest absolute Gasteiger partial charge is 0.410 e. The van der Waals surface area contributed by atoms with E-state index >= 15 is 0 Å². The van der Waals surface area contributed by atoms with Crippen molar-refractivity contribution in [3.63, 3.8) is 0 Å². The van der Waals surface area contributed by atoms with Gasteiger partial charge in [0.2, 0.25) is 0 Å². The first kappa shape index (κ1) is 17.1. The summed E-state index contributed by atoms with van der Waals surface area (Å²) in [6, 6.07) is 3.90. The zero-order valence-corrected chi connectivity index (χ0v) is 15.9. The molecule has 2 aromatic rings. The Kier molecular flexibility index (Phi) is 4.46. The standard InChI is InChI=1S/C17H22BrN3O3/c1-10-15-13(20-19-10)7-11(18)8-14(15)23-12-5-6-21(9-12)16(22)24-17(2,3)4/h7-8,12H,5-6,9H2,1-4H3,(H,19,20)/t12-/m0/s1. The van der Waals surface area contributed by atoms with Gasteiger partial charge in [-0.3, -0.25) is 5.10 Å². The molecule has 1 aliphatic rings. The molecule has 130 valence electrons. The highest BCUT2D eigenvalue weighted by Gasteiger charge is 2.31. The first-order chi connectivity index (χ1) is 11.2. The van der Waals surface area contributed by atoms with E-state index in [0.717, 1.165) is 33.2 Å². The van der Waals surface area contributed by atoms with Crippen molar-refractivity contribution in [3.8, 4) is 5.75 Å². The van der Waals surface area contributed by atoms with Gasteiger partial charge in [-0.15, -0.1) is 0 Å². The van der Waals surface area contributed by atoms with Crippen molar-refractivity contribution in [1.82, 2.24) is 15.1 Å². The highest BCUT2D eigenvalue weighted by molar-refractivity contribution is 9.10. The highest BCUT2D eigenvalue weighted by Crippen LogP contribution is 2.33. The number of carbonyl (C=O) groups is 1. The van der Waals surface area contributed by atoms with Crippen LogP contribution in [0, 0.1) is 6.92 Å². The van der Waals surface area contributed by atoms with Crippen LogP contribution >= 0.6 is 15.9 Å². The Morgan fingerprint density at radius 1 is 1.42 bits per heavy atom. The van der Waals surface area contributed by atoms with Gasteiger partial charge in [-0.05, 0) is 39.8 Å². The average Bonchev–Trinajstić information content (AvgIpc) is 3.04. The number of fused-ring (bicyclic) bond motifs is 1. The van der Waals surface area contributed by atoms with Crippen LogP contribution in [-0.4, -0.2) is 46.0 Å². The minimum absolute atomic E-state index is 0.0516. The second-order valence-corrected chi connectivity index (χ2v) is 8.02. The number of benzene rings is 1. The predicted octanol–water partition coefficient (Wildman–Crippen LogP) is 4.02. The molecule has 2 heterocycles. The number of amides is 1. The molecule has 0 aliphatic carbocycles. The summed E-state index contributed by atoms with van der Waals surface area (Å²) >= 11 is 3.49. The zero-order chi connectivity index (χ0) is 17.5. The van der Waals surface area contributed by atoms with E-state index in [2.05, 4.69) is 26.1 Å². The average molecular weight is 396 g/mol. The molecule has 1 fully saturated rings. The van der Waals surface area contributed by atoms with Gasteiger partial charge < -0.3 is 14.4 Å². The van der Waals surface area contributed by atoms with Crippen LogP contribution in [0.25, 0.3) is 10.9 Å². The lowest BCUT2D eigenvalue weighted by atomic mass is 10.2. The lowest BCUT2D eigenvalue weighted by Gasteiger charge is -2.24. The van der Waals surface area contributed by atoms with Crippen molar-refractivity contribution in [2.75, 3.05) is 13.1 Å². The molecule has 0 unspecified atom stereocenters. The van der Waals surface area contributed by atoms with Gasteiger partial charge in [0.05, 0.1) is 17.4 Å². The number of hydrogen-bond donors (Lipinski definition) is 1. The van der Waals surface area contributed by atoms with Gasteiger partial charge in [0, 0.05) is 23.1 Å². The fourth-order valence-corrected chi connectivity index (χ4v) is 3.25. The molecule has 1 aromatic carbocycles. The van der Waals surface area contributed by atoms with E-state index in [1.807, 2.05) is 39.8 Å². The topological polar surface area (TPSA) is 67.5 Å². The number of hydrogen-bond acceptors (Lipinski definition) is 4.